The molecule has 2 fully saturated rings. The van der Waals surface area contributed by atoms with Gasteiger partial charge in [0.05, 0.1) is 0 Å². The Hall–Kier alpha value is -0.920. The van der Waals surface area contributed by atoms with E-state index in [9.17, 15) is 8.78 Å². The molecule has 2 aliphatic rings. The summed E-state index contributed by atoms with van der Waals surface area (Å²) in [6.07, 6.45) is 11.9. The van der Waals surface area contributed by atoms with Crippen molar-refractivity contribution in [3.05, 3.63) is 35.4 Å². The van der Waals surface area contributed by atoms with Crippen molar-refractivity contribution in [2.75, 3.05) is 0 Å². The van der Waals surface area contributed by atoms with Crippen molar-refractivity contribution in [3.8, 4) is 0 Å². The van der Waals surface area contributed by atoms with Crippen LogP contribution in [0.25, 0.3) is 0 Å². The van der Waals surface area contributed by atoms with E-state index >= 15 is 0 Å². The lowest BCUT2D eigenvalue weighted by atomic mass is 9.74. The van der Waals surface area contributed by atoms with Gasteiger partial charge in [-0.25, -0.2) is 8.78 Å². The van der Waals surface area contributed by atoms with E-state index in [1.807, 2.05) is 0 Å². The van der Waals surface area contributed by atoms with Crippen LogP contribution >= 0.6 is 0 Å². The fourth-order valence-corrected chi connectivity index (χ4v) is 3.80. The molecule has 0 N–H and O–H groups in total. The zero-order chi connectivity index (χ0) is 13.9. The molecule has 1 aromatic rings. The number of halogens is 2. The highest BCUT2D eigenvalue weighted by molar-refractivity contribution is 5.22. The first-order valence-corrected chi connectivity index (χ1v) is 8.17. The van der Waals surface area contributed by atoms with Gasteiger partial charge in [-0.15, -0.1) is 0 Å². The van der Waals surface area contributed by atoms with Crippen LogP contribution in [-0.2, 0) is 0 Å². The lowest BCUT2D eigenvalue weighted by molar-refractivity contribution is 0.238. The van der Waals surface area contributed by atoms with Crippen LogP contribution in [0.5, 0.6) is 0 Å². The van der Waals surface area contributed by atoms with Crippen molar-refractivity contribution < 1.29 is 8.78 Å². The third kappa shape index (κ3) is 3.21. The van der Waals surface area contributed by atoms with Crippen LogP contribution in [-0.4, -0.2) is 0 Å². The van der Waals surface area contributed by atoms with Gasteiger partial charge in [0.15, 0.2) is 11.6 Å². The molecule has 3 rings (SSSR count). The molecule has 0 nitrogen and oxygen atoms in total. The summed E-state index contributed by atoms with van der Waals surface area (Å²) >= 11 is 0. The SMILES string of the molecule is Fc1ccc([C@H]2CC[C@H](CCC3CCC3)CC2)cc1F. The fourth-order valence-electron chi connectivity index (χ4n) is 3.80. The molecular weight excluding hydrogens is 254 g/mol. The predicted molar refractivity (Wildman–Crippen MR) is 77.6 cm³/mol. The highest BCUT2D eigenvalue weighted by atomic mass is 19.2. The van der Waals surface area contributed by atoms with Gasteiger partial charge in [0, 0.05) is 0 Å². The van der Waals surface area contributed by atoms with E-state index in [1.165, 1.54) is 57.1 Å². The molecule has 110 valence electrons. The van der Waals surface area contributed by atoms with Crippen LogP contribution in [0.4, 0.5) is 8.78 Å². The highest BCUT2D eigenvalue weighted by Gasteiger charge is 2.25. The molecule has 1 aromatic carbocycles. The molecule has 0 aliphatic heterocycles. The summed E-state index contributed by atoms with van der Waals surface area (Å²) in [6.45, 7) is 0. The lowest BCUT2D eigenvalue weighted by Gasteiger charge is -2.31. The molecule has 0 radical (unpaired) electrons. The zero-order valence-corrected chi connectivity index (χ0v) is 12.1. The van der Waals surface area contributed by atoms with Gasteiger partial charge < -0.3 is 0 Å². The minimum atomic E-state index is -0.733. The van der Waals surface area contributed by atoms with Crippen molar-refractivity contribution in [3.63, 3.8) is 0 Å². The van der Waals surface area contributed by atoms with Gasteiger partial charge in [0.25, 0.3) is 0 Å². The molecule has 0 aromatic heterocycles. The maximum Gasteiger partial charge on any atom is 0.159 e. The van der Waals surface area contributed by atoms with Gasteiger partial charge in [-0.3, -0.25) is 0 Å². The van der Waals surface area contributed by atoms with E-state index in [0.29, 0.717) is 5.92 Å². The Morgan fingerprint density at radius 2 is 1.45 bits per heavy atom. The van der Waals surface area contributed by atoms with Crippen molar-refractivity contribution in [2.45, 2.75) is 63.7 Å². The Balaban J connectivity index is 1.48. The topological polar surface area (TPSA) is 0 Å². The summed E-state index contributed by atoms with van der Waals surface area (Å²) in [5.74, 6) is 0.888. The minimum Gasteiger partial charge on any atom is -0.204 e. The minimum absolute atomic E-state index is 0.435. The van der Waals surface area contributed by atoms with E-state index < -0.39 is 11.6 Å². The summed E-state index contributed by atoms with van der Waals surface area (Å²) in [5.41, 5.74) is 0.987. The van der Waals surface area contributed by atoms with Crippen LogP contribution < -0.4 is 0 Å². The van der Waals surface area contributed by atoms with Gasteiger partial charge in [-0.1, -0.05) is 38.2 Å². The van der Waals surface area contributed by atoms with Crippen molar-refractivity contribution in [1.29, 1.82) is 0 Å². The van der Waals surface area contributed by atoms with Gasteiger partial charge in [0.2, 0.25) is 0 Å². The molecule has 0 heterocycles. The maximum atomic E-state index is 13.3. The van der Waals surface area contributed by atoms with E-state index in [2.05, 4.69) is 0 Å². The average Bonchev–Trinajstić information content (AvgIpc) is 2.41. The summed E-state index contributed by atoms with van der Waals surface area (Å²) < 4.78 is 26.3. The molecule has 0 atom stereocenters. The Bertz CT molecular complexity index is 443. The van der Waals surface area contributed by atoms with E-state index in [4.69, 9.17) is 0 Å². The zero-order valence-electron chi connectivity index (χ0n) is 12.1. The molecule has 20 heavy (non-hydrogen) atoms. The highest BCUT2D eigenvalue weighted by Crippen LogP contribution is 2.40. The summed E-state index contributed by atoms with van der Waals surface area (Å²) in [4.78, 5) is 0. The number of hydrogen-bond donors (Lipinski definition) is 0. The molecule has 2 saturated carbocycles. The summed E-state index contributed by atoms with van der Waals surface area (Å²) in [6, 6.07) is 4.43. The predicted octanol–water partition coefficient (Wildman–Crippen LogP) is 5.82. The average molecular weight is 278 g/mol. The Morgan fingerprint density at radius 1 is 0.800 bits per heavy atom. The van der Waals surface area contributed by atoms with Crippen LogP contribution in [0.3, 0.4) is 0 Å². The molecule has 2 heteroatoms. The van der Waals surface area contributed by atoms with Gasteiger partial charge in [0.1, 0.15) is 0 Å². The molecule has 0 unspecified atom stereocenters. The van der Waals surface area contributed by atoms with E-state index in [1.54, 1.807) is 6.07 Å². The third-order valence-corrected chi connectivity index (χ3v) is 5.47. The Labute approximate surface area is 120 Å². The first-order chi connectivity index (χ1) is 9.72. The third-order valence-electron chi connectivity index (χ3n) is 5.47. The number of hydrogen-bond acceptors (Lipinski definition) is 0. The second kappa shape index (κ2) is 6.24. The maximum absolute atomic E-state index is 13.3. The quantitative estimate of drug-likeness (QED) is 0.651. The standard InChI is InChI=1S/C18H24F2/c19-17-11-10-16(12-18(17)20)15-8-6-14(7-9-15)5-4-13-2-1-3-13/h10-15H,1-9H2/t14-,15-. The van der Waals surface area contributed by atoms with E-state index in [-0.39, 0.29) is 0 Å². The Kier molecular flexibility index (Phi) is 4.38. The summed E-state index contributed by atoms with van der Waals surface area (Å²) in [5, 5.41) is 0. The van der Waals surface area contributed by atoms with Crippen LogP contribution in [0.15, 0.2) is 18.2 Å². The molecule has 2 aliphatic carbocycles. The molecular formula is C18H24F2. The van der Waals surface area contributed by atoms with Crippen molar-refractivity contribution in [1.82, 2.24) is 0 Å². The van der Waals surface area contributed by atoms with Crippen molar-refractivity contribution in [2.24, 2.45) is 11.8 Å². The van der Waals surface area contributed by atoms with E-state index in [0.717, 1.165) is 30.2 Å². The number of rotatable bonds is 4. The smallest absolute Gasteiger partial charge is 0.159 e. The van der Waals surface area contributed by atoms with Crippen LogP contribution in [0, 0.1) is 23.5 Å². The van der Waals surface area contributed by atoms with Crippen LogP contribution in [0.2, 0.25) is 0 Å². The van der Waals surface area contributed by atoms with Gasteiger partial charge >= 0.3 is 0 Å². The largest absolute Gasteiger partial charge is 0.204 e. The normalized spacial score (nSPS) is 27.3. The monoisotopic (exact) mass is 278 g/mol. The van der Waals surface area contributed by atoms with Gasteiger partial charge in [-0.2, -0.15) is 0 Å². The molecule has 0 amide bonds. The van der Waals surface area contributed by atoms with Crippen molar-refractivity contribution >= 4 is 0 Å². The first kappa shape index (κ1) is 14.0. The first-order valence-electron chi connectivity index (χ1n) is 8.17. The van der Waals surface area contributed by atoms with Gasteiger partial charge in [-0.05, 0) is 61.1 Å². The van der Waals surface area contributed by atoms with Crippen LogP contribution in [0.1, 0.15) is 69.3 Å². The second-order valence-electron chi connectivity index (χ2n) is 6.77. The molecule has 0 bridgehead atoms. The Morgan fingerprint density at radius 3 is 2.00 bits per heavy atom. The summed E-state index contributed by atoms with van der Waals surface area (Å²) in [7, 11) is 0. The fraction of sp³-hybridized carbons (Fsp3) is 0.667. The number of benzene rings is 1. The second-order valence-corrected chi connectivity index (χ2v) is 6.77. The lowest BCUT2D eigenvalue weighted by Crippen LogP contribution is -2.17. The molecule has 0 spiro atoms. The molecule has 0 saturated heterocycles.